The molecular weight excluding hydrogens is 159 g/mol. The molecule has 0 saturated heterocycles. The summed E-state index contributed by atoms with van der Waals surface area (Å²) in [4.78, 5) is 0. The summed E-state index contributed by atoms with van der Waals surface area (Å²) in [5.74, 6) is -0.528. The minimum absolute atomic E-state index is 0.0828. The average molecular weight is 166 g/mol. The molecular formula is C8H7FN2O. The zero-order chi connectivity index (χ0) is 8.55. The van der Waals surface area contributed by atoms with Crippen LogP contribution in [0.2, 0.25) is 0 Å². The number of fused-ring (bicyclic) bond motifs is 1. The maximum Gasteiger partial charge on any atom is 0.240 e. The number of hydrogen-bond donors (Lipinski definition) is 2. The number of aromatic nitrogens is 2. The van der Waals surface area contributed by atoms with Crippen LogP contribution < -0.4 is 0 Å². The molecule has 0 aliphatic carbocycles. The molecule has 62 valence electrons. The second kappa shape index (κ2) is 2.57. The summed E-state index contributed by atoms with van der Waals surface area (Å²) in [6, 6.07) is 4.99. The van der Waals surface area contributed by atoms with Crippen LogP contribution in [0.5, 0.6) is 0 Å². The number of aliphatic hydroxyl groups excluding tert-OH is 1. The molecule has 4 heteroatoms. The van der Waals surface area contributed by atoms with Crippen LogP contribution in [-0.4, -0.2) is 15.3 Å². The Kier molecular flexibility index (Phi) is 1.55. The number of hydrogen-bond acceptors (Lipinski definition) is 2. The van der Waals surface area contributed by atoms with E-state index in [1.807, 2.05) is 0 Å². The van der Waals surface area contributed by atoms with Crippen molar-refractivity contribution in [3.63, 3.8) is 0 Å². The van der Waals surface area contributed by atoms with E-state index >= 15 is 0 Å². The molecule has 0 aliphatic heterocycles. The van der Waals surface area contributed by atoms with Crippen LogP contribution in [0.25, 0.3) is 10.9 Å². The zero-order valence-corrected chi connectivity index (χ0v) is 6.21. The first kappa shape index (κ1) is 7.24. The van der Waals surface area contributed by atoms with Gasteiger partial charge in [0.1, 0.15) is 0 Å². The number of H-pyrrole nitrogens is 1. The summed E-state index contributed by atoms with van der Waals surface area (Å²) in [5.41, 5.74) is 1.33. The first-order valence-corrected chi connectivity index (χ1v) is 3.54. The van der Waals surface area contributed by atoms with Crippen molar-refractivity contribution in [2.24, 2.45) is 0 Å². The van der Waals surface area contributed by atoms with Gasteiger partial charge in [-0.2, -0.15) is 4.39 Å². The molecule has 3 nitrogen and oxygen atoms in total. The van der Waals surface area contributed by atoms with Gasteiger partial charge in [-0.05, 0) is 17.7 Å². The van der Waals surface area contributed by atoms with E-state index < -0.39 is 5.95 Å². The van der Waals surface area contributed by atoms with Gasteiger partial charge in [-0.3, -0.25) is 5.10 Å². The number of benzene rings is 1. The number of aliphatic hydroxyl groups is 1. The van der Waals surface area contributed by atoms with E-state index in [0.717, 1.165) is 0 Å². The molecule has 0 atom stereocenters. The monoisotopic (exact) mass is 166 g/mol. The van der Waals surface area contributed by atoms with Gasteiger partial charge in [-0.1, -0.05) is 6.07 Å². The second-order valence-electron chi connectivity index (χ2n) is 2.55. The van der Waals surface area contributed by atoms with E-state index in [2.05, 4.69) is 10.2 Å². The normalized spacial score (nSPS) is 10.8. The van der Waals surface area contributed by atoms with Crippen LogP contribution in [0, 0.1) is 5.95 Å². The van der Waals surface area contributed by atoms with Crippen molar-refractivity contribution in [3.8, 4) is 0 Å². The van der Waals surface area contributed by atoms with Gasteiger partial charge in [0, 0.05) is 0 Å². The minimum Gasteiger partial charge on any atom is -0.392 e. The fraction of sp³-hybridized carbons (Fsp3) is 0.125. The molecule has 0 spiro atoms. The fourth-order valence-corrected chi connectivity index (χ4v) is 1.13. The maximum atomic E-state index is 12.8. The zero-order valence-electron chi connectivity index (χ0n) is 6.21. The number of aromatic amines is 1. The Morgan fingerprint density at radius 1 is 1.50 bits per heavy atom. The lowest BCUT2D eigenvalue weighted by molar-refractivity contribution is 0.282. The number of halogens is 1. The first-order valence-electron chi connectivity index (χ1n) is 3.54. The fourth-order valence-electron chi connectivity index (χ4n) is 1.13. The summed E-state index contributed by atoms with van der Waals surface area (Å²) in [7, 11) is 0. The molecule has 0 amide bonds. The number of nitrogens with one attached hydrogen (secondary N) is 1. The van der Waals surface area contributed by atoms with Gasteiger partial charge in [0.25, 0.3) is 0 Å². The number of nitrogens with zero attached hydrogens (tertiary/aromatic N) is 1. The third kappa shape index (κ3) is 0.967. The highest BCUT2D eigenvalue weighted by Gasteiger charge is 2.03. The van der Waals surface area contributed by atoms with E-state index in [4.69, 9.17) is 5.11 Å². The van der Waals surface area contributed by atoms with Gasteiger partial charge in [0.15, 0.2) is 0 Å². The van der Waals surface area contributed by atoms with Crippen molar-refractivity contribution in [1.82, 2.24) is 10.2 Å². The molecule has 0 radical (unpaired) electrons. The Balaban J connectivity index is 2.71. The summed E-state index contributed by atoms with van der Waals surface area (Å²) in [6.07, 6.45) is 0. The summed E-state index contributed by atoms with van der Waals surface area (Å²) in [6.45, 7) is -0.0828. The van der Waals surface area contributed by atoms with E-state index in [-0.39, 0.29) is 6.61 Å². The molecule has 12 heavy (non-hydrogen) atoms. The van der Waals surface area contributed by atoms with E-state index in [9.17, 15) is 4.39 Å². The Bertz CT molecular complexity index is 410. The predicted octanol–water partition coefficient (Wildman–Crippen LogP) is 1.19. The van der Waals surface area contributed by atoms with Gasteiger partial charge < -0.3 is 5.11 Å². The second-order valence-corrected chi connectivity index (χ2v) is 2.55. The van der Waals surface area contributed by atoms with Crippen LogP contribution in [-0.2, 0) is 6.61 Å². The molecule has 0 saturated carbocycles. The first-order chi connectivity index (χ1) is 5.81. The van der Waals surface area contributed by atoms with Crippen molar-refractivity contribution < 1.29 is 9.50 Å². The number of rotatable bonds is 1. The quantitative estimate of drug-likeness (QED) is 0.668. The van der Waals surface area contributed by atoms with Crippen molar-refractivity contribution >= 4 is 10.9 Å². The highest BCUT2D eigenvalue weighted by Crippen LogP contribution is 2.15. The topological polar surface area (TPSA) is 48.9 Å². The van der Waals surface area contributed by atoms with Gasteiger partial charge in [-0.25, -0.2) is 0 Å². The lowest BCUT2D eigenvalue weighted by atomic mass is 10.2. The Morgan fingerprint density at radius 3 is 3.08 bits per heavy atom. The molecule has 0 unspecified atom stereocenters. The third-order valence-electron chi connectivity index (χ3n) is 1.76. The molecule has 2 N–H and O–H groups in total. The van der Waals surface area contributed by atoms with Crippen LogP contribution in [0.1, 0.15) is 5.56 Å². The smallest absolute Gasteiger partial charge is 0.240 e. The Hall–Kier alpha value is -1.42. The molecule has 2 aromatic rings. The van der Waals surface area contributed by atoms with E-state index in [1.54, 1.807) is 18.2 Å². The minimum atomic E-state index is -0.528. The van der Waals surface area contributed by atoms with Gasteiger partial charge in [-0.15, -0.1) is 5.10 Å². The highest BCUT2D eigenvalue weighted by atomic mass is 19.1. The Morgan fingerprint density at radius 2 is 2.33 bits per heavy atom. The Labute approximate surface area is 67.8 Å². The molecule has 1 heterocycles. The predicted molar refractivity (Wildman–Crippen MR) is 42.0 cm³/mol. The van der Waals surface area contributed by atoms with Crippen molar-refractivity contribution in [2.75, 3.05) is 0 Å². The van der Waals surface area contributed by atoms with Crippen molar-refractivity contribution in [1.29, 1.82) is 0 Å². The molecule has 0 aliphatic rings. The standard InChI is InChI=1S/C8H7FN2O/c9-8-6-3-5(4-12)1-2-7(6)10-11-8/h1-3,12H,4H2,(H,10,11). The maximum absolute atomic E-state index is 12.8. The van der Waals surface area contributed by atoms with E-state index in [1.165, 1.54) is 0 Å². The lowest BCUT2D eigenvalue weighted by Gasteiger charge is -1.93. The van der Waals surface area contributed by atoms with Crippen molar-refractivity contribution in [3.05, 3.63) is 29.7 Å². The van der Waals surface area contributed by atoms with Crippen molar-refractivity contribution in [2.45, 2.75) is 6.61 Å². The molecule has 0 bridgehead atoms. The summed E-state index contributed by atoms with van der Waals surface area (Å²) in [5, 5.41) is 15.1. The summed E-state index contributed by atoms with van der Waals surface area (Å²) < 4.78 is 12.8. The lowest BCUT2D eigenvalue weighted by Crippen LogP contribution is -1.81. The van der Waals surface area contributed by atoms with Gasteiger partial charge in [0.05, 0.1) is 17.5 Å². The van der Waals surface area contributed by atoms with Crippen LogP contribution >= 0.6 is 0 Å². The van der Waals surface area contributed by atoms with Crippen LogP contribution in [0.4, 0.5) is 4.39 Å². The molecule has 1 aromatic carbocycles. The SMILES string of the molecule is OCc1ccc2[nH]nc(F)c2c1. The average Bonchev–Trinajstić information content (AvgIpc) is 2.47. The molecule has 0 fully saturated rings. The molecule has 2 rings (SSSR count). The van der Waals surface area contributed by atoms with E-state index in [0.29, 0.717) is 16.5 Å². The van der Waals surface area contributed by atoms with Crippen LogP contribution in [0.3, 0.4) is 0 Å². The molecule has 1 aromatic heterocycles. The highest BCUT2D eigenvalue weighted by molar-refractivity contribution is 5.79. The van der Waals surface area contributed by atoms with Gasteiger partial charge >= 0.3 is 0 Å². The summed E-state index contributed by atoms with van der Waals surface area (Å²) >= 11 is 0. The largest absolute Gasteiger partial charge is 0.392 e. The van der Waals surface area contributed by atoms with Crippen LogP contribution in [0.15, 0.2) is 18.2 Å². The van der Waals surface area contributed by atoms with Gasteiger partial charge in [0.2, 0.25) is 5.95 Å². The third-order valence-corrected chi connectivity index (χ3v) is 1.76.